The molecule has 3 N–H and O–H groups in total. The lowest BCUT2D eigenvalue weighted by Crippen LogP contribution is -2.25. The van der Waals surface area contributed by atoms with E-state index in [-0.39, 0.29) is 6.73 Å². The molecule has 0 bridgehead atoms. The predicted molar refractivity (Wildman–Crippen MR) is 121 cm³/mol. The monoisotopic (exact) mass is 387 g/mol. The first-order valence-electron chi connectivity index (χ1n) is 9.78. The summed E-state index contributed by atoms with van der Waals surface area (Å²) in [6, 6.07) is 16.4. The van der Waals surface area contributed by atoms with Crippen molar-refractivity contribution in [1.29, 1.82) is 0 Å². The number of carbonyl (C=O) groups is 1. The molecular weight excluding hydrogens is 350 g/mol. The molecule has 0 saturated heterocycles. The Bertz CT molecular complexity index is 625. The van der Waals surface area contributed by atoms with E-state index in [2.05, 4.69) is 50.3 Å². The summed E-state index contributed by atoms with van der Waals surface area (Å²) in [6.45, 7) is 11.8. The van der Waals surface area contributed by atoms with Crippen LogP contribution < -0.4 is 10.6 Å². The lowest BCUT2D eigenvalue weighted by molar-refractivity contribution is -0.105. The fourth-order valence-corrected chi connectivity index (χ4v) is 2.03. The Balaban J connectivity index is 0.000000402. The van der Waals surface area contributed by atoms with Gasteiger partial charge in [-0.25, -0.2) is 0 Å². The Kier molecular flexibility index (Phi) is 14.3. The fraction of sp³-hybridized carbons (Fsp3) is 0.435. The molecule has 28 heavy (non-hydrogen) atoms. The van der Waals surface area contributed by atoms with Crippen LogP contribution in [0.2, 0.25) is 0 Å². The summed E-state index contributed by atoms with van der Waals surface area (Å²) in [6.07, 6.45) is 1.71. The number of hydrogen-bond acceptors (Lipinski definition) is 4. The number of anilines is 2. The molecule has 2 aromatic carbocycles. The molecule has 0 aliphatic rings. The van der Waals surface area contributed by atoms with Gasteiger partial charge in [-0.05, 0) is 70.6 Å². The number of hydrogen-bond donors (Lipinski definition) is 3. The summed E-state index contributed by atoms with van der Waals surface area (Å²) < 4.78 is 0. The highest BCUT2D eigenvalue weighted by atomic mass is 16.3. The molecule has 2 rings (SSSR count). The molecule has 0 aromatic heterocycles. The topological polar surface area (TPSA) is 64.6 Å². The number of benzene rings is 2. The van der Waals surface area contributed by atoms with E-state index in [1.807, 2.05) is 55.5 Å². The molecule has 5 heteroatoms. The van der Waals surface area contributed by atoms with Crippen LogP contribution in [0.25, 0.3) is 0 Å². The van der Waals surface area contributed by atoms with Crippen LogP contribution in [0.3, 0.4) is 0 Å². The normalized spacial score (nSPS) is 9.75. The second-order valence-corrected chi connectivity index (χ2v) is 6.68. The van der Waals surface area contributed by atoms with Crippen molar-refractivity contribution in [2.75, 3.05) is 31.0 Å². The van der Waals surface area contributed by atoms with Crippen molar-refractivity contribution < 1.29 is 9.90 Å². The van der Waals surface area contributed by atoms with E-state index in [0.717, 1.165) is 24.3 Å². The average molecular weight is 388 g/mol. The number of carbonyl (C=O) groups excluding carboxylic acids is 1. The number of aliphatic hydroxyl groups excluding tert-OH is 1. The van der Waals surface area contributed by atoms with Gasteiger partial charge in [-0.1, -0.05) is 43.7 Å². The lowest BCUT2D eigenvalue weighted by Gasteiger charge is -2.17. The second-order valence-electron chi connectivity index (χ2n) is 6.68. The molecule has 2 aromatic rings. The van der Waals surface area contributed by atoms with Gasteiger partial charge in [0.05, 0.1) is 0 Å². The first-order valence-corrected chi connectivity index (χ1v) is 9.78. The van der Waals surface area contributed by atoms with Gasteiger partial charge in [0, 0.05) is 17.4 Å². The smallest absolute Gasteiger partial charge is 0.211 e. The third-order valence-corrected chi connectivity index (χ3v) is 4.30. The molecule has 0 heterocycles. The van der Waals surface area contributed by atoms with Gasteiger partial charge < -0.3 is 20.6 Å². The van der Waals surface area contributed by atoms with E-state index >= 15 is 0 Å². The molecule has 0 aliphatic carbocycles. The first kappa shape index (κ1) is 25.6. The van der Waals surface area contributed by atoms with Crippen molar-refractivity contribution in [3.63, 3.8) is 0 Å². The van der Waals surface area contributed by atoms with Gasteiger partial charge in [0.1, 0.15) is 6.73 Å². The van der Waals surface area contributed by atoms with Crippen LogP contribution in [0.5, 0.6) is 0 Å². The Morgan fingerprint density at radius 2 is 1.54 bits per heavy atom. The highest BCUT2D eigenvalue weighted by Crippen LogP contribution is 2.08. The predicted octanol–water partition coefficient (Wildman–Crippen LogP) is 4.52. The zero-order chi connectivity index (χ0) is 21.4. The molecule has 1 amide bonds. The summed E-state index contributed by atoms with van der Waals surface area (Å²) in [4.78, 5) is 12.3. The number of aliphatic hydroxyl groups is 1. The molecule has 0 atom stereocenters. The Hall–Kier alpha value is -2.37. The van der Waals surface area contributed by atoms with E-state index < -0.39 is 0 Å². The number of aryl methyl sites for hydroxylation is 2. The van der Waals surface area contributed by atoms with Gasteiger partial charge in [-0.3, -0.25) is 4.79 Å². The molecule has 5 nitrogen and oxygen atoms in total. The third kappa shape index (κ3) is 12.1. The van der Waals surface area contributed by atoms with Crippen LogP contribution in [0.1, 0.15) is 38.8 Å². The van der Waals surface area contributed by atoms with E-state index in [1.165, 1.54) is 11.1 Å². The second kappa shape index (κ2) is 15.7. The van der Waals surface area contributed by atoms with Crippen molar-refractivity contribution in [3.05, 3.63) is 59.7 Å². The van der Waals surface area contributed by atoms with Crippen molar-refractivity contribution >= 4 is 17.8 Å². The summed E-state index contributed by atoms with van der Waals surface area (Å²) in [5.41, 5.74) is 4.30. The van der Waals surface area contributed by atoms with Crippen LogP contribution >= 0.6 is 0 Å². The molecule has 0 unspecified atom stereocenters. The minimum atomic E-state index is -0.0109. The van der Waals surface area contributed by atoms with Crippen molar-refractivity contribution in [2.24, 2.45) is 0 Å². The molecule has 0 spiro atoms. The summed E-state index contributed by atoms with van der Waals surface area (Å²) in [5.74, 6) is 0. The maximum absolute atomic E-state index is 10.0. The first-order chi connectivity index (χ1) is 13.4. The Morgan fingerprint density at radius 1 is 1.00 bits per heavy atom. The van der Waals surface area contributed by atoms with E-state index in [0.29, 0.717) is 12.5 Å². The molecule has 0 aliphatic heterocycles. The highest BCUT2D eigenvalue weighted by molar-refractivity contribution is 5.71. The van der Waals surface area contributed by atoms with E-state index in [9.17, 15) is 4.79 Å². The summed E-state index contributed by atoms with van der Waals surface area (Å²) >= 11 is 0. The van der Waals surface area contributed by atoms with Gasteiger partial charge >= 0.3 is 0 Å². The van der Waals surface area contributed by atoms with Crippen LogP contribution in [0, 0.1) is 6.92 Å². The molecule has 0 fully saturated rings. The maximum Gasteiger partial charge on any atom is 0.211 e. The van der Waals surface area contributed by atoms with Gasteiger partial charge in [-0.2, -0.15) is 0 Å². The molecular formula is C23H37N3O2. The lowest BCUT2D eigenvalue weighted by atomic mass is 10.1. The Labute approximate surface area is 170 Å². The standard InChI is InChI=1S/C9H11NO.C8H11NO.C6H15N/c1-2-8-3-5-9(6-4-8)10-7-11;1-7-2-4-8(5-3-7)9-6-10;1-5-7(4)6(2)3/h3-7H,2H2,1H3,(H,10,11);2-5,9-10H,6H2,1H3;6H,5H2,1-4H3. The average Bonchev–Trinajstić information content (AvgIpc) is 2.71. The third-order valence-electron chi connectivity index (χ3n) is 4.30. The SMILES string of the molecule is CCN(C)C(C)C.CCc1ccc(NC=O)cc1.Cc1ccc(NCO)cc1. The summed E-state index contributed by atoms with van der Waals surface area (Å²) in [7, 11) is 2.13. The summed E-state index contributed by atoms with van der Waals surface area (Å²) in [5, 5.41) is 13.8. The molecule has 156 valence electrons. The van der Waals surface area contributed by atoms with Crippen molar-refractivity contribution in [3.8, 4) is 0 Å². The number of nitrogens with zero attached hydrogens (tertiary/aromatic N) is 1. The quantitative estimate of drug-likeness (QED) is 0.483. The van der Waals surface area contributed by atoms with E-state index in [4.69, 9.17) is 5.11 Å². The maximum atomic E-state index is 10.0. The van der Waals surface area contributed by atoms with Crippen molar-refractivity contribution in [2.45, 2.75) is 47.1 Å². The van der Waals surface area contributed by atoms with Gasteiger partial charge in [0.25, 0.3) is 0 Å². The van der Waals surface area contributed by atoms with Crippen LogP contribution in [0.15, 0.2) is 48.5 Å². The largest absolute Gasteiger partial charge is 0.377 e. The zero-order valence-corrected chi connectivity index (χ0v) is 18.2. The zero-order valence-electron chi connectivity index (χ0n) is 18.2. The fourth-order valence-electron chi connectivity index (χ4n) is 2.03. The van der Waals surface area contributed by atoms with Crippen LogP contribution in [0.4, 0.5) is 11.4 Å². The number of rotatable bonds is 7. The number of amides is 1. The minimum absolute atomic E-state index is 0.0109. The molecule has 0 saturated carbocycles. The van der Waals surface area contributed by atoms with Gasteiger partial charge in [0.2, 0.25) is 6.41 Å². The minimum Gasteiger partial charge on any atom is -0.377 e. The van der Waals surface area contributed by atoms with Gasteiger partial charge in [0.15, 0.2) is 0 Å². The van der Waals surface area contributed by atoms with E-state index in [1.54, 1.807) is 0 Å². The Morgan fingerprint density at radius 3 is 1.89 bits per heavy atom. The van der Waals surface area contributed by atoms with Crippen LogP contribution in [-0.2, 0) is 11.2 Å². The molecule has 0 radical (unpaired) electrons. The number of nitrogens with one attached hydrogen (secondary N) is 2. The van der Waals surface area contributed by atoms with Crippen molar-refractivity contribution in [1.82, 2.24) is 4.90 Å². The van der Waals surface area contributed by atoms with Gasteiger partial charge in [-0.15, -0.1) is 0 Å². The highest BCUT2D eigenvalue weighted by Gasteiger charge is 1.95. The van der Waals surface area contributed by atoms with Crippen LogP contribution in [-0.4, -0.2) is 42.8 Å².